The molecule has 0 aromatic heterocycles. The van der Waals surface area contributed by atoms with Gasteiger partial charge in [-0.15, -0.1) is 0 Å². The van der Waals surface area contributed by atoms with E-state index in [0.29, 0.717) is 6.04 Å². The largest absolute Gasteiger partial charge is 0.314 e. The van der Waals surface area contributed by atoms with Gasteiger partial charge < -0.3 is 5.32 Å². The third kappa shape index (κ3) is 2.75. The van der Waals surface area contributed by atoms with Gasteiger partial charge in [-0.05, 0) is 31.4 Å². The zero-order chi connectivity index (χ0) is 10.7. The predicted molar refractivity (Wildman–Crippen MR) is 56.1 cm³/mol. The van der Waals surface area contributed by atoms with Gasteiger partial charge in [0.05, 0.1) is 0 Å². The van der Waals surface area contributed by atoms with E-state index in [9.17, 15) is 8.78 Å². The molecule has 0 bridgehead atoms. The highest BCUT2D eigenvalue weighted by molar-refractivity contribution is 5.24. The second-order valence-corrected chi connectivity index (χ2v) is 4.04. The van der Waals surface area contributed by atoms with Gasteiger partial charge in [-0.25, -0.2) is 8.78 Å². The van der Waals surface area contributed by atoms with Gasteiger partial charge in [0.15, 0.2) is 0 Å². The lowest BCUT2D eigenvalue weighted by molar-refractivity contribution is 0.151. The minimum atomic E-state index is -2.36. The minimum absolute atomic E-state index is 0.109. The lowest BCUT2D eigenvalue weighted by atomic mass is 10.0. The van der Waals surface area contributed by atoms with Crippen molar-refractivity contribution in [2.75, 3.05) is 6.54 Å². The first-order valence-electron chi connectivity index (χ1n) is 5.36. The highest BCUT2D eigenvalue weighted by Gasteiger charge is 2.14. The van der Waals surface area contributed by atoms with Gasteiger partial charge in [0, 0.05) is 11.6 Å². The van der Waals surface area contributed by atoms with Crippen LogP contribution < -0.4 is 5.32 Å². The Balaban J connectivity index is 1.97. The maximum atomic E-state index is 12.3. The van der Waals surface area contributed by atoms with Gasteiger partial charge in [-0.1, -0.05) is 24.3 Å². The van der Waals surface area contributed by atoms with Crippen molar-refractivity contribution in [1.29, 1.82) is 0 Å². The summed E-state index contributed by atoms with van der Waals surface area (Å²) >= 11 is 0. The van der Waals surface area contributed by atoms with E-state index in [4.69, 9.17) is 0 Å². The summed E-state index contributed by atoms with van der Waals surface area (Å²) in [6.07, 6.45) is 1.00. The molecule has 2 rings (SSSR count). The van der Waals surface area contributed by atoms with Gasteiger partial charge in [0.2, 0.25) is 0 Å². The molecule has 0 radical (unpaired) electrons. The van der Waals surface area contributed by atoms with Crippen LogP contribution in [0.1, 0.15) is 30.4 Å². The van der Waals surface area contributed by atoms with Crippen LogP contribution in [-0.2, 0) is 6.42 Å². The van der Waals surface area contributed by atoms with Gasteiger partial charge in [0.25, 0.3) is 6.43 Å². The highest BCUT2D eigenvalue weighted by atomic mass is 19.3. The SMILES string of the molecule is FC(F)c1ccc(CC2CCCN2)cc1. The van der Waals surface area contributed by atoms with E-state index < -0.39 is 6.43 Å². The smallest absolute Gasteiger partial charge is 0.263 e. The molecule has 1 heterocycles. The van der Waals surface area contributed by atoms with Crippen LogP contribution in [0.2, 0.25) is 0 Å². The molecule has 0 spiro atoms. The zero-order valence-corrected chi connectivity index (χ0v) is 8.55. The molecule has 0 amide bonds. The molecule has 0 aliphatic carbocycles. The summed E-state index contributed by atoms with van der Waals surface area (Å²) in [5.74, 6) is 0. The monoisotopic (exact) mass is 211 g/mol. The Hall–Kier alpha value is -0.960. The quantitative estimate of drug-likeness (QED) is 0.810. The number of alkyl halides is 2. The summed E-state index contributed by atoms with van der Waals surface area (Å²) in [7, 11) is 0. The molecule has 0 saturated carbocycles. The highest BCUT2D eigenvalue weighted by Crippen LogP contribution is 2.20. The lowest BCUT2D eigenvalue weighted by Crippen LogP contribution is -2.23. The van der Waals surface area contributed by atoms with Crippen molar-refractivity contribution < 1.29 is 8.78 Å². The first-order valence-corrected chi connectivity index (χ1v) is 5.36. The Morgan fingerprint density at radius 1 is 1.27 bits per heavy atom. The van der Waals surface area contributed by atoms with E-state index >= 15 is 0 Å². The Bertz CT molecular complexity index is 302. The van der Waals surface area contributed by atoms with Crippen LogP contribution >= 0.6 is 0 Å². The van der Waals surface area contributed by atoms with E-state index in [2.05, 4.69) is 5.32 Å². The number of nitrogens with one attached hydrogen (secondary N) is 1. The average Bonchev–Trinajstić information content (AvgIpc) is 2.71. The van der Waals surface area contributed by atoms with Gasteiger partial charge in [-0.2, -0.15) is 0 Å². The molecule has 1 saturated heterocycles. The number of hydrogen-bond acceptors (Lipinski definition) is 1. The Labute approximate surface area is 88.5 Å². The molecule has 1 aliphatic heterocycles. The third-order valence-electron chi connectivity index (χ3n) is 2.88. The molecule has 15 heavy (non-hydrogen) atoms. The van der Waals surface area contributed by atoms with E-state index in [1.165, 1.54) is 25.0 Å². The molecule has 1 N–H and O–H groups in total. The Morgan fingerprint density at radius 3 is 2.53 bits per heavy atom. The predicted octanol–water partition coefficient (Wildman–Crippen LogP) is 2.92. The molecule has 1 aromatic rings. The molecule has 1 nitrogen and oxygen atoms in total. The normalized spacial score (nSPS) is 21.1. The molecule has 1 aliphatic rings. The van der Waals surface area contributed by atoms with E-state index in [0.717, 1.165) is 18.5 Å². The fourth-order valence-electron chi connectivity index (χ4n) is 2.01. The lowest BCUT2D eigenvalue weighted by Gasteiger charge is -2.10. The summed E-state index contributed by atoms with van der Waals surface area (Å²) in [6, 6.07) is 7.19. The minimum Gasteiger partial charge on any atom is -0.314 e. The van der Waals surface area contributed by atoms with Crippen molar-refractivity contribution in [3.8, 4) is 0 Å². The van der Waals surface area contributed by atoms with Crippen molar-refractivity contribution >= 4 is 0 Å². The molecule has 1 unspecified atom stereocenters. The van der Waals surface area contributed by atoms with Crippen LogP contribution in [0.3, 0.4) is 0 Å². The van der Waals surface area contributed by atoms with Gasteiger partial charge >= 0.3 is 0 Å². The molecule has 1 atom stereocenters. The number of benzene rings is 1. The molecule has 1 fully saturated rings. The molecular formula is C12H15F2N. The maximum Gasteiger partial charge on any atom is 0.263 e. The van der Waals surface area contributed by atoms with Gasteiger partial charge in [0.1, 0.15) is 0 Å². The number of hydrogen-bond donors (Lipinski definition) is 1. The summed E-state index contributed by atoms with van der Waals surface area (Å²) in [5.41, 5.74) is 1.25. The third-order valence-corrected chi connectivity index (χ3v) is 2.88. The fraction of sp³-hybridized carbons (Fsp3) is 0.500. The first kappa shape index (κ1) is 10.6. The van der Waals surface area contributed by atoms with Crippen molar-refractivity contribution in [3.05, 3.63) is 35.4 Å². The van der Waals surface area contributed by atoms with Crippen LogP contribution in [-0.4, -0.2) is 12.6 Å². The van der Waals surface area contributed by atoms with Crippen molar-refractivity contribution in [3.63, 3.8) is 0 Å². The Morgan fingerprint density at radius 2 is 2.00 bits per heavy atom. The van der Waals surface area contributed by atoms with E-state index in [1.807, 2.05) is 12.1 Å². The van der Waals surface area contributed by atoms with E-state index in [-0.39, 0.29) is 5.56 Å². The maximum absolute atomic E-state index is 12.3. The fourth-order valence-corrected chi connectivity index (χ4v) is 2.01. The van der Waals surface area contributed by atoms with Crippen molar-refractivity contribution in [2.24, 2.45) is 0 Å². The van der Waals surface area contributed by atoms with Crippen molar-refractivity contribution in [1.82, 2.24) is 5.32 Å². The van der Waals surface area contributed by atoms with E-state index in [1.54, 1.807) is 0 Å². The number of halogens is 2. The summed E-state index contributed by atoms with van der Waals surface area (Å²) < 4.78 is 24.6. The summed E-state index contributed by atoms with van der Waals surface area (Å²) in [6.45, 7) is 1.08. The second-order valence-electron chi connectivity index (χ2n) is 4.04. The molecular weight excluding hydrogens is 196 g/mol. The average molecular weight is 211 g/mol. The topological polar surface area (TPSA) is 12.0 Å². The standard InChI is InChI=1S/C12H15F2N/c13-12(14)10-5-3-9(4-6-10)8-11-2-1-7-15-11/h3-6,11-12,15H,1-2,7-8H2. The molecule has 1 aromatic carbocycles. The van der Waals surface area contributed by atoms with Crippen LogP contribution in [0.25, 0.3) is 0 Å². The first-order chi connectivity index (χ1) is 7.25. The second kappa shape index (κ2) is 4.71. The molecule has 82 valence electrons. The zero-order valence-electron chi connectivity index (χ0n) is 8.55. The number of rotatable bonds is 3. The van der Waals surface area contributed by atoms with Gasteiger partial charge in [-0.3, -0.25) is 0 Å². The van der Waals surface area contributed by atoms with Crippen LogP contribution in [0.5, 0.6) is 0 Å². The van der Waals surface area contributed by atoms with Crippen molar-refractivity contribution in [2.45, 2.75) is 31.7 Å². The molecule has 3 heteroatoms. The van der Waals surface area contributed by atoms with Crippen LogP contribution in [0, 0.1) is 0 Å². The Kier molecular flexibility index (Phi) is 3.31. The summed E-state index contributed by atoms with van der Waals surface area (Å²) in [4.78, 5) is 0. The summed E-state index contributed by atoms with van der Waals surface area (Å²) in [5, 5.41) is 3.39. The van der Waals surface area contributed by atoms with Crippen LogP contribution in [0.4, 0.5) is 8.78 Å². The van der Waals surface area contributed by atoms with Crippen LogP contribution in [0.15, 0.2) is 24.3 Å².